The second kappa shape index (κ2) is 8.32. The molecule has 0 radical (unpaired) electrons. The van der Waals surface area contributed by atoms with Crippen LogP contribution in [0, 0.1) is 16.4 Å². The molecule has 2 aromatic carbocycles. The van der Waals surface area contributed by atoms with Crippen LogP contribution >= 0.6 is 22.6 Å². The summed E-state index contributed by atoms with van der Waals surface area (Å²) >= 11 is 2.28. The number of benzene rings is 2. The summed E-state index contributed by atoms with van der Waals surface area (Å²) in [5, 5.41) is 3.01. The minimum atomic E-state index is -0.0531. The average Bonchev–Trinajstić information content (AvgIpc) is 2.60. The van der Waals surface area contributed by atoms with Crippen LogP contribution in [0.4, 0.5) is 5.69 Å². The molecule has 2 aromatic rings. The molecule has 0 bridgehead atoms. The third-order valence-corrected chi connectivity index (χ3v) is 5.61. The van der Waals surface area contributed by atoms with Gasteiger partial charge in [0.1, 0.15) is 0 Å². The summed E-state index contributed by atoms with van der Waals surface area (Å²) in [6, 6.07) is 14.0. The highest BCUT2D eigenvalue weighted by molar-refractivity contribution is 14.1. The van der Waals surface area contributed by atoms with Gasteiger partial charge < -0.3 is 5.32 Å². The summed E-state index contributed by atoms with van der Waals surface area (Å²) < 4.78 is 1.17. The molecule has 1 heterocycles. The van der Waals surface area contributed by atoms with E-state index in [4.69, 9.17) is 0 Å². The highest BCUT2D eigenvalue weighted by Gasteiger charge is 2.16. The molecule has 4 heteroatoms. The first-order valence-electron chi connectivity index (χ1n) is 8.90. The van der Waals surface area contributed by atoms with Crippen LogP contribution in [0.2, 0.25) is 0 Å². The maximum Gasteiger partial charge on any atom is 0.255 e. The van der Waals surface area contributed by atoms with E-state index in [0.717, 1.165) is 23.7 Å². The van der Waals surface area contributed by atoms with Crippen molar-refractivity contribution in [2.45, 2.75) is 33.2 Å². The van der Waals surface area contributed by atoms with Crippen LogP contribution in [-0.2, 0) is 6.54 Å². The third-order valence-electron chi connectivity index (χ3n) is 4.94. The van der Waals surface area contributed by atoms with Gasteiger partial charge in [-0.1, -0.05) is 19.1 Å². The first-order chi connectivity index (χ1) is 12.0. The SMILES string of the molecule is Cc1cc(I)ccc1NC(=O)c1ccc(CN2CCC(C)CC2)cc1. The van der Waals surface area contributed by atoms with E-state index in [1.54, 1.807) is 0 Å². The first kappa shape index (κ1) is 18.4. The lowest BCUT2D eigenvalue weighted by Crippen LogP contribution is -2.32. The maximum atomic E-state index is 12.5. The van der Waals surface area contributed by atoms with E-state index in [-0.39, 0.29) is 5.91 Å². The fraction of sp³-hybridized carbons (Fsp3) is 0.381. The number of piperidine rings is 1. The van der Waals surface area contributed by atoms with Gasteiger partial charge >= 0.3 is 0 Å². The molecule has 3 nitrogen and oxygen atoms in total. The van der Waals surface area contributed by atoms with Gasteiger partial charge in [0.15, 0.2) is 0 Å². The Morgan fingerprint density at radius 1 is 1.16 bits per heavy atom. The predicted molar refractivity (Wildman–Crippen MR) is 112 cm³/mol. The predicted octanol–water partition coefficient (Wildman–Crippen LogP) is 5.08. The normalized spacial score (nSPS) is 16.0. The summed E-state index contributed by atoms with van der Waals surface area (Å²) in [7, 11) is 0. The fourth-order valence-electron chi connectivity index (χ4n) is 3.20. The van der Waals surface area contributed by atoms with Gasteiger partial charge in [0.05, 0.1) is 0 Å². The van der Waals surface area contributed by atoms with Crippen LogP contribution in [0.5, 0.6) is 0 Å². The molecule has 25 heavy (non-hydrogen) atoms. The highest BCUT2D eigenvalue weighted by atomic mass is 127. The van der Waals surface area contributed by atoms with Crippen molar-refractivity contribution >= 4 is 34.2 Å². The quantitative estimate of drug-likeness (QED) is 0.662. The molecular formula is C21H25IN2O. The number of aryl methyl sites for hydroxylation is 1. The van der Waals surface area contributed by atoms with Gasteiger partial charge in [-0.05, 0) is 103 Å². The maximum absolute atomic E-state index is 12.5. The number of anilines is 1. The molecule has 0 aliphatic carbocycles. The number of halogens is 1. The van der Waals surface area contributed by atoms with E-state index in [9.17, 15) is 4.79 Å². The number of carbonyl (C=O) groups is 1. The molecule has 0 atom stereocenters. The van der Waals surface area contributed by atoms with E-state index in [1.807, 2.05) is 31.2 Å². The Kier molecular flexibility index (Phi) is 6.12. The van der Waals surface area contributed by atoms with Crippen LogP contribution in [0.15, 0.2) is 42.5 Å². The van der Waals surface area contributed by atoms with E-state index < -0.39 is 0 Å². The monoisotopic (exact) mass is 448 g/mol. The zero-order chi connectivity index (χ0) is 17.8. The number of carbonyl (C=O) groups excluding carboxylic acids is 1. The van der Waals surface area contributed by atoms with Crippen molar-refractivity contribution in [2.24, 2.45) is 5.92 Å². The van der Waals surface area contributed by atoms with Gasteiger partial charge in [-0.2, -0.15) is 0 Å². The fourth-order valence-corrected chi connectivity index (χ4v) is 3.85. The lowest BCUT2D eigenvalue weighted by molar-refractivity contribution is 0.102. The highest BCUT2D eigenvalue weighted by Crippen LogP contribution is 2.20. The van der Waals surface area contributed by atoms with Crippen LogP contribution in [0.25, 0.3) is 0 Å². The zero-order valence-electron chi connectivity index (χ0n) is 14.9. The molecular weight excluding hydrogens is 423 g/mol. The molecule has 1 amide bonds. The smallest absolute Gasteiger partial charge is 0.255 e. The molecule has 0 spiro atoms. The average molecular weight is 448 g/mol. The summed E-state index contributed by atoms with van der Waals surface area (Å²) in [6.07, 6.45) is 2.58. The minimum Gasteiger partial charge on any atom is -0.322 e. The number of hydrogen-bond donors (Lipinski definition) is 1. The zero-order valence-corrected chi connectivity index (χ0v) is 17.0. The first-order valence-corrected chi connectivity index (χ1v) is 9.98. The Bertz CT molecular complexity index is 734. The number of hydrogen-bond acceptors (Lipinski definition) is 2. The molecule has 1 aliphatic rings. The third kappa shape index (κ3) is 5.05. The van der Waals surface area contributed by atoms with Gasteiger partial charge in [-0.15, -0.1) is 0 Å². The van der Waals surface area contributed by atoms with E-state index in [0.29, 0.717) is 5.56 Å². The van der Waals surface area contributed by atoms with Crippen molar-refractivity contribution in [3.05, 3.63) is 62.7 Å². The molecule has 1 fully saturated rings. The lowest BCUT2D eigenvalue weighted by Gasteiger charge is -2.30. The van der Waals surface area contributed by atoms with Crippen LogP contribution in [0.1, 0.15) is 41.3 Å². The van der Waals surface area contributed by atoms with E-state index >= 15 is 0 Å². The number of likely N-dealkylation sites (tertiary alicyclic amines) is 1. The summed E-state index contributed by atoms with van der Waals surface area (Å²) in [5.74, 6) is 0.801. The van der Waals surface area contributed by atoms with Crippen molar-refractivity contribution in [3.8, 4) is 0 Å². The Morgan fingerprint density at radius 2 is 1.84 bits per heavy atom. The Balaban J connectivity index is 1.60. The number of nitrogens with one attached hydrogen (secondary N) is 1. The second-order valence-corrected chi connectivity index (χ2v) is 8.31. The molecule has 1 aliphatic heterocycles. The van der Waals surface area contributed by atoms with Crippen LogP contribution in [-0.4, -0.2) is 23.9 Å². The molecule has 0 unspecified atom stereocenters. The van der Waals surface area contributed by atoms with Gasteiger partial charge in [-0.3, -0.25) is 9.69 Å². The molecule has 0 saturated carbocycles. The molecule has 1 N–H and O–H groups in total. The van der Waals surface area contributed by atoms with Gasteiger partial charge in [0.2, 0.25) is 0 Å². The Hall–Kier alpha value is -1.40. The number of amides is 1. The molecule has 1 saturated heterocycles. The van der Waals surface area contributed by atoms with Gasteiger partial charge in [-0.25, -0.2) is 0 Å². The number of nitrogens with zero attached hydrogens (tertiary/aromatic N) is 1. The summed E-state index contributed by atoms with van der Waals surface area (Å²) in [6.45, 7) is 7.68. The van der Waals surface area contributed by atoms with Crippen molar-refractivity contribution in [1.29, 1.82) is 0 Å². The minimum absolute atomic E-state index is 0.0531. The van der Waals surface area contributed by atoms with Gasteiger partial charge in [0, 0.05) is 21.4 Å². The summed E-state index contributed by atoms with van der Waals surface area (Å²) in [5.41, 5.74) is 3.93. The topological polar surface area (TPSA) is 32.3 Å². The van der Waals surface area contributed by atoms with E-state index in [1.165, 1.54) is 35.1 Å². The van der Waals surface area contributed by atoms with Crippen molar-refractivity contribution in [1.82, 2.24) is 4.90 Å². The largest absolute Gasteiger partial charge is 0.322 e. The standard InChI is InChI=1S/C21H25IN2O/c1-15-9-11-24(12-10-15)14-17-3-5-18(6-4-17)21(25)23-20-8-7-19(22)13-16(20)2/h3-8,13,15H,9-12,14H2,1-2H3,(H,23,25). The van der Waals surface area contributed by atoms with Crippen LogP contribution in [0.3, 0.4) is 0 Å². The Morgan fingerprint density at radius 3 is 2.48 bits per heavy atom. The van der Waals surface area contributed by atoms with Gasteiger partial charge in [0.25, 0.3) is 5.91 Å². The molecule has 3 rings (SSSR count). The van der Waals surface area contributed by atoms with Crippen molar-refractivity contribution in [3.63, 3.8) is 0 Å². The van der Waals surface area contributed by atoms with E-state index in [2.05, 4.69) is 57.9 Å². The van der Waals surface area contributed by atoms with Crippen molar-refractivity contribution < 1.29 is 4.79 Å². The molecule has 0 aromatic heterocycles. The van der Waals surface area contributed by atoms with Crippen LogP contribution < -0.4 is 5.32 Å². The second-order valence-electron chi connectivity index (χ2n) is 7.07. The Labute approximate surface area is 164 Å². The molecule has 132 valence electrons. The lowest BCUT2D eigenvalue weighted by atomic mass is 9.99. The summed E-state index contributed by atoms with van der Waals surface area (Å²) in [4.78, 5) is 15.0. The van der Waals surface area contributed by atoms with Crippen molar-refractivity contribution in [2.75, 3.05) is 18.4 Å². The number of rotatable bonds is 4.